The van der Waals surface area contributed by atoms with Gasteiger partial charge in [0.2, 0.25) is 0 Å². The summed E-state index contributed by atoms with van der Waals surface area (Å²) >= 11 is 0. The van der Waals surface area contributed by atoms with Gasteiger partial charge in [-0.15, -0.1) is 0 Å². The lowest BCUT2D eigenvalue weighted by atomic mass is 10.1. The maximum atomic E-state index is 12.0. The Bertz CT molecular complexity index is 737. The zero-order valence-corrected chi connectivity index (χ0v) is 11.0. The molecule has 1 atom stereocenters. The third-order valence-corrected chi connectivity index (χ3v) is 3.00. The molecule has 4 N–H and O–H groups in total. The van der Waals surface area contributed by atoms with Crippen LogP contribution < -0.4 is 10.7 Å². The number of carbonyl (C=O) groups is 2. The molecule has 2 rings (SSSR count). The van der Waals surface area contributed by atoms with Gasteiger partial charge in [0.15, 0.2) is 5.43 Å². The molecule has 21 heavy (non-hydrogen) atoms. The Labute approximate surface area is 119 Å². The summed E-state index contributed by atoms with van der Waals surface area (Å²) in [5.41, 5.74) is 0.135. The van der Waals surface area contributed by atoms with Crippen LogP contribution in [-0.2, 0) is 4.79 Å². The Balaban J connectivity index is 2.31. The molecule has 1 aromatic heterocycles. The number of carboxylic acid groups (broad SMARTS) is 1. The van der Waals surface area contributed by atoms with Gasteiger partial charge >= 0.3 is 5.97 Å². The van der Waals surface area contributed by atoms with Crippen molar-refractivity contribution in [2.24, 2.45) is 0 Å². The zero-order chi connectivity index (χ0) is 15.4. The maximum Gasteiger partial charge on any atom is 0.326 e. The predicted molar refractivity (Wildman–Crippen MR) is 75.2 cm³/mol. The van der Waals surface area contributed by atoms with Gasteiger partial charge in [-0.05, 0) is 12.1 Å². The minimum absolute atomic E-state index is 0.0251. The smallest absolute Gasteiger partial charge is 0.326 e. The first-order chi connectivity index (χ1) is 10.0. The number of hydrogen-bond donors (Lipinski definition) is 4. The van der Waals surface area contributed by atoms with Gasteiger partial charge in [0.1, 0.15) is 11.7 Å². The number of hydrogen-bond acceptors (Lipinski definition) is 4. The second-order valence-corrected chi connectivity index (χ2v) is 4.47. The number of benzene rings is 1. The minimum Gasteiger partial charge on any atom is -0.480 e. The fourth-order valence-electron chi connectivity index (χ4n) is 1.94. The minimum atomic E-state index is -1.25. The molecule has 0 bridgehead atoms. The number of pyridine rings is 1. The molecule has 1 heterocycles. The molecule has 0 aliphatic carbocycles. The second kappa shape index (κ2) is 6.19. The Hall–Kier alpha value is -2.67. The van der Waals surface area contributed by atoms with E-state index >= 15 is 0 Å². The third kappa shape index (κ3) is 3.26. The number of carboxylic acids is 1. The molecule has 0 fully saturated rings. The van der Waals surface area contributed by atoms with E-state index in [1.807, 2.05) is 0 Å². The quantitative estimate of drug-likeness (QED) is 0.622. The lowest BCUT2D eigenvalue weighted by Gasteiger charge is -2.13. The van der Waals surface area contributed by atoms with Crippen LogP contribution >= 0.6 is 0 Å². The van der Waals surface area contributed by atoms with E-state index in [2.05, 4.69) is 10.3 Å². The highest BCUT2D eigenvalue weighted by molar-refractivity contribution is 5.96. The first kappa shape index (κ1) is 14.7. The Morgan fingerprint density at radius 3 is 2.67 bits per heavy atom. The molecule has 7 heteroatoms. The van der Waals surface area contributed by atoms with Crippen molar-refractivity contribution in [3.8, 4) is 0 Å². The van der Waals surface area contributed by atoms with Crippen LogP contribution in [0.25, 0.3) is 10.9 Å². The van der Waals surface area contributed by atoms with Crippen molar-refractivity contribution in [1.29, 1.82) is 0 Å². The van der Waals surface area contributed by atoms with Crippen molar-refractivity contribution in [2.75, 3.05) is 6.61 Å². The van der Waals surface area contributed by atoms with E-state index in [4.69, 9.17) is 10.2 Å². The van der Waals surface area contributed by atoms with Gasteiger partial charge in [0.25, 0.3) is 5.91 Å². The number of para-hydroxylation sites is 1. The molecule has 0 aliphatic rings. The van der Waals surface area contributed by atoms with Crippen LogP contribution in [0.2, 0.25) is 0 Å². The van der Waals surface area contributed by atoms with E-state index in [0.29, 0.717) is 10.9 Å². The monoisotopic (exact) mass is 290 g/mol. The molecule has 7 nitrogen and oxygen atoms in total. The van der Waals surface area contributed by atoms with Crippen molar-refractivity contribution in [1.82, 2.24) is 10.3 Å². The standard InChI is InChI=1S/C14H14N2O5/c17-6-5-10(14(20)21)16-13(19)11-7-12(18)8-3-1-2-4-9(8)15-11/h1-4,7,10,17H,5-6H2,(H,15,18)(H,16,19)(H,20,21). The number of rotatable bonds is 5. The lowest BCUT2D eigenvalue weighted by molar-refractivity contribution is -0.139. The number of aromatic nitrogens is 1. The van der Waals surface area contributed by atoms with Crippen molar-refractivity contribution in [3.05, 3.63) is 46.2 Å². The van der Waals surface area contributed by atoms with Gasteiger partial charge in [0, 0.05) is 30.0 Å². The molecule has 0 spiro atoms. The molecular formula is C14H14N2O5. The summed E-state index contributed by atoms with van der Waals surface area (Å²) in [5, 5.41) is 20.4. The average Bonchev–Trinajstić information content (AvgIpc) is 2.46. The fraction of sp³-hybridized carbons (Fsp3) is 0.214. The summed E-state index contributed by atoms with van der Waals surface area (Å²) in [6.07, 6.45) is -0.112. The van der Waals surface area contributed by atoms with Gasteiger partial charge in [-0.25, -0.2) is 4.79 Å². The summed E-state index contributed by atoms with van der Waals surface area (Å²) in [7, 11) is 0. The first-order valence-electron chi connectivity index (χ1n) is 6.29. The average molecular weight is 290 g/mol. The van der Waals surface area contributed by atoms with Gasteiger partial charge in [-0.3, -0.25) is 9.59 Å². The number of fused-ring (bicyclic) bond motifs is 1. The summed E-state index contributed by atoms with van der Waals surface area (Å²) in [5.74, 6) is -1.96. The lowest BCUT2D eigenvalue weighted by Crippen LogP contribution is -2.41. The summed E-state index contributed by atoms with van der Waals surface area (Å²) in [6.45, 7) is -0.370. The first-order valence-corrected chi connectivity index (χ1v) is 6.29. The molecule has 2 aromatic rings. The normalized spacial score (nSPS) is 12.0. The molecule has 0 aliphatic heterocycles. The number of aliphatic carboxylic acids is 1. The molecular weight excluding hydrogens is 276 g/mol. The third-order valence-electron chi connectivity index (χ3n) is 3.00. The predicted octanol–water partition coefficient (Wildman–Crippen LogP) is 0.0935. The number of amides is 1. The molecule has 1 aromatic carbocycles. The van der Waals surface area contributed by atoms with Crippen molar-refractivity contribution in [3.63, 3.8) is 0 Å². The van der Waals surface area contributed by atoms with Crippen molar-refractivity contribution >= 4 is 22.8 Å². The van der Waals surface area contributed by atoms with Gasteiger partial charge < -0.3 is 20.5 Å². The number of H-pyrrole nitrogens is 1. The van der Waals surface area contributed by atoms with Crippen molar-refractivity contribution in [2.45, 2.75) is 12.5 Å². The highest BCUT2D eigenvalue weighted by Crippen LogP contribution is 2.07. The van der Waals surface area contributed by atoms with E-state index in [9.17, 15) is 14.4 Å². The molecule has 1 unspecified atom stereocenters. The molecule has 0 saturated carbocycles. The Morgan fingerprint density at radius 1 is 1.29 bits per heavy atom. The number of carbonyl (C=O) groups excluding carboxylic acids is 1. The molecule has 1 amide bonds. The number of aliphatic hydroxyl groups excluding tert-OH is 1. The van der Waals surface area contributed by atoms with Crippen molar-refractivity contribution < 1.29 is 19.8 Å². The van der Waals surface area contributed by atoms with Gasteiger partial charge in [-0.1, -0.05) is 12.1 Å². The van der Waals surface area contributed by atoms with Gasteiger partial charge in [-0.2, -0.15) is 0 Å². The highest BCUT2D eigenvalue weighted by Gasteiger charge is 2.20. The number of nitrogens with one attached hydrogen (secondary N) is 2. The fourth-order valence-corrected chi connectivity index (χ4v) is 1.94. The van der Waals surface area contributed by atoms with E-state index < -0.39 is 17.9 Å². The van der Waals surface area contributed by atoms with Crippen LogP contribution in [0.3, 0.4) is 0 Å². The van der Waals surface area contributed by atoms with E-state index in [1.165, 1.54) is 0 Å². The Morgan fingerprint density at radius 2 is 2.00 bits per heavy atom. The topological polar surface area (TPSA) is 119 Å². The van der Waals surface area contributed by atoms with Crippen LogP contribution in [0.15, 0.2) is 35.1 Å². The van der Waals surface area contributed by atoms with E-state index in [1.54, 1.807) is 24.3 Å². The molecule has 110 valence electrons. The van der Waals surface area contributed by atoms with Crippen LogP contribution in [0.5, 0.6) is 0 Å². The summed E-state index contributed by atoms with van der Waals surface area (Å²) in [4.78, 5) is 37.6. The highest BCUT2D eigenvalue weighted by atomic mass is 16.4. The summed E-state index contributed by atoms with van der Waals surface area (Å²) < 4.78 is 0. The summed E-state index contributed by atoms with van der Waals surface area (Å²) in [6, 6.07) is 6.61. The maximum absolute atomic E-state index is 12.0. The molecule has 0 saturated heterocycles. The number of aliphatic hydroxyl groups is 1. The number of aromatic amines is 1. The van der Waals surface area contributed by atoms with Crippen LogP contribution in [0.4, 0.5) is 0 Å². The van der Waals surface area contributed by atoms with Crippen LogP contribution in [0.1, 0.15) is 16.9 Å². The second-order valence-electron chi connectivity index (χ2n) is 4.47. The molecule has 0 radical (unpaired) electrons. The van der Waals surface area contributed by atoms with Gasteiger partial charge in [0.05, 0.1) is 0 Å². The SMILES string of the molecule is O=C(NC(CCO)C(=O)O)c1cc(=O)c2ccccc2[nH]1. The van der Waals surface area contributed by atoms with E-state index in [0.717, 1.165) is 6.07 Å². The largest absolute Gasteiger partial charge is 0.480 e. The van der Waals surface area contributed by atoms with E-state index in [-0.39, 0.29) is 24.2 Å². The van der Waals surface area contributed by atoms with Crippen LogP contribution in [-0.4, -0.2) is 39.7 Å². The zero-order valence-electron chi connectivity index (χ0n) is 11.0. The van der Waals surface area contributed by atoms with Crippen LogP contribution in [0, 0.1) is 0 Å². The Kier molecular flexibility index (Phi) is 4.34.